The monoisotopic (exact) mass is 239 g/mol. The van der Waals surface area contributed by atoms with Crippen LogP contribution in [0.5, 0.6) is 0 Å². The molecule has 0 aromatic carbocycles. The van der Waals surface area contributed by atoms with Crippen LogP contribution in [0.15, 0.2) is 12.1 Å². The summed E-state index contributed by atoms with van der Waals surface area (Å²) in [6.45, 7) is 4.36. The van der Waals surface area contributed by atoms with Crippen LogP contribution in [-0.4, -0.2) is 18.1 Å². The van der Waals surface area contributed by atoms with Gasteiger partial charge in [0.15, 0.2) is 5.82 Å². The summed E-state index contributed by atoms with van der Waals surface area (Å²) in [5, 5.41) is 0.515. The SMILES string of the molecule is CC1CCCN(c2nc(Cl)ccc2N)CC1. The molecular weight excluding hydrogens is 222 g/mol. The van der Waals surface area contributed by atoms with Gasteiger partial charge in [0.25, 0.3) is 0 Å². The molecule has 0 amide bonds. The van der Waals surface area contributed by atoms with E-state index in [2.05, 4.69) is 16.8 Å². The van der Waals surface area contributed by atoms with Gasteiger partial charge in [-0.1, -0.05) is 18.5 Å². The highest BCUT2D eigenvalue weighted by molar-refractivity contribution is 6.29. The molecule has 0 bridgehead atoms. The average molecular weight is 240 g/mol. The number of nitrogen functional groups attached to an aromatic ring is 1. The van der Waals surface area contributed by atoms with Crippen molar-refractivity contribution in [2.24, 2.45) is 5.92 Å². The summed E-state index contributed by atoms with van der Waals surface area (Å²) in [4.78, 5) is 6.58. The van der Waals surface area contributed by atoms with E-state index in [1.54, 1.807) is 6.07 Å². The zero-order chi connectivity index (χ0) is 11.5. The zero-order valence-corrected chi connectivity index (χ0v) is 10.4. The van der Waals surface area contributed by atoms with Crippen molar-refractivity contribution >= 4 is 23.1 Å². The predicted octanol–water partition coefficient (Wildman–Crippen LogP) is 2.94. The summed E-state index contributed by atoms with van der Waals surface area (Å²) in [5.41, 5.74) is 6.66. The molecule has 1 aliphatic heterocycles. The maximum absolute atomic E-state index is 5.94. The van der Waals surface area contributed by atoms with Crippen molar-refractivity contribution in [3.63, 3.8) is 0 Å². The van der Waals surface area contributed by atoms with E-state index in [9.17, 15) is 0 Å². The van der Waals surface area contributed by atoms with Gasteiger partial charge >= 0.3 is 0 Å². The molecule has 0 spiro atoms. The lowest BCUT2D eigenvalue weighted by molar-refractivity contribution is 0.521. The zero-order valence-electron chi connectivity index (χ0n) is 9.62. The van der Waals surface area contributed by atoms with Crippen LogP contribution in [0, 0.1) is 5.92 Å². The summed E-state index contributed by atoms with van der Waals surface area (Å²) in [7, 11) is 0. The number of hydrogen-bond acceptors (Lipinski definition) is 3. The smallest absolute Gasteiger partial charge is 0.153 e. The summed E-state index contributed by atoms with van der Waals surface area (Å²) < 4.78 is 0. The van der Waals surface area contributed by atoms with Crippen LogP contribution in [0.3, 0.4) is 0 Å². The molecule has 0 radical (unpaired) electrons. The average Bonchev–Trinajstić information content (AvgIpc) is 2.47. The predicted molar refractivity (Wildman–Crippen MR) is 68.9 cm³/mol. The largest absolute Gasteiger partial charge is 0.396 e. The van der Waals surface area contributed by atoms with Crippen LogP contribution in [0.4, 0.5) is 11.5 Å². The van der Waals surface area contributed by atoms with Gasteiger partial charge in [-0.25, -0.2) is 4.98 Å². The fraction of sp³-hybridized carbons (Fsp3) is 0.583. The highest BCUT2D eigenvalue weighted by atomic mass is 35.5. The number of hydrogen-bond donors (Lipinski definition) is 1. The third kappa shape index (κ3) is 2.59. The van der Waals surface area contributed by atoms with Crippen molar-refractivity contribution < 1.29 is 0 Å². The maximum atomic E-state index is 5.94. The van der Waals surface area contributed by atoms with Crippen molar-refractivity contribution in [2.75, 3.05) is 23.7 Å². The van der Waals surface area contributed by atoms with Gasteiger partial charge in [-0.15, -0.1) is 0 Å². The Morgan fingerprint density at radius 1 is 1.38 bits per heavy atom. The number of aromatic nitrogens is 1. The lowest BCUT2D eigenvalue weighted by atomic mass is 10.0. The molecule has 2 N–H and O–H groups in total. The summed E-state index contributed by atoms with van der Waals surface area (Å²) in [5.74, 6) is 1.65. The fourth-order valence-corrected chi connectivity index (χ4v) is 2.31. The molecule has 4 heteroatoms. The Hall–Kier alpha value is -0.960. The van der Waals surface area contributed by atoms with Gasteiger partial charge in [0.05, 0.1) is 5.69 Å². The van der Waals surface area contributed by atoms with E-state index in [0.29, 0.717) is 5.15 Å². The maximum Gasteiger partial charge on any atom is 0.153 e. The summed E-state index contributed by atoms with van der Waals surface area (Å²) >= 11 is 5.91. The Balaban J connectivity index is 2.19. The van der Waals surface area contributed by atoms with Gasteiger partial charge in [-0.2, -0.15) is 0 Å². The number of rotatable bonds is 1. The highest BCUT2D eigenvalue weighted by Crippen LogP contribution is 2.26. The van der Waals surface area contributed by atoms with Gasteiger partial charge in [-0.05, 0) is 37.3 Å². The van der Waals surface area contributed by atoms with Gasteiger partial charge in [0, 0.05) is 13.1 Å². The summed E-state index contributed by atoms with van der Waals surface area (Å²) in [6, 6.07) is 3.57. The van der Waals surface area contributed by atoms with Crippen molar-refractivity contribution in [3.05, 3.63) is 17.3 Å². The molecule has 2 heterocycles. The molecule has 2 rings (SSSR count). The van der Waals surface area contributed by atoms with Crippen LogP contribution in [0.2, 0.25) is 5.15 Å². The highest BCUT2D eigenvalue weighted by Gasteiger charge is 2.17. The first-order valence-electron chi connectivity index (χ1n) is 5.84. The molecule has 0 saturated carbocycles. The molecule has 1 aromatic heterocycles. The molecule has 1 unspecified atom stereocenters. The van der Waals surface area contributed by atoms with Gasteiger partial charge in [0.2, 0.25) is 0 Å². The lowest BCUT2D eigenvalue weighted by Crippen LogP contribution is -2.26. The van der Waals surface area contributed by atoms with Crippen molar-refractivity contribution in [1.82, 2.24) is 4.98 Å². The molecule has 1 aromatic rings. The Kier molecular flexibility index (Phi) is 3.54. The first-order chi connectivity index (χ1) is 7.66. The Morgan fingerprint density at radius 2 is 2.19 bits per heavy atom. The van der Waals surface area contributed by atoms with E-state index >= 15 is 0 Å². The topological polar surface area (TPSA) is 42.2 Å². The van der Waals surface area contributed by atoms with Crippen molar-refractivity contribution in [3.8, 4) is 0 Å². The first-order valence-corrected chi connectivity index (χ1v) is 6.21. The molecule has 1 aliphatic rings. The van der Waals surface area contributed by atoms with E-state index in [-0.39, 0.29) is 0 Å². The Morgan fingerprint density at radius 3 is 3.00 bits per heavy atom. The van der Waals surface area contributed by atoms with E-state index in [4.69, 9.17) is 17.3 Å². The van der Waals surface area contributed by atoms with Crippen molar-refractivity contribution in [2.45, 2.75) is 26.2 Å². The molecule has 1 fully saturated rings. The van der Waals surface area contributed by atoms with Gasteiger partial charge < -0.3 is 10.6 Å². The van der Waals surface area contributed by atoms with Crippen LogP contribution in [0.1, 0.15) is 26.2 Å². The molecule has 88 valence electrons. The Bertz CT molecular complexity index is 367. The quantitative estimate of drug-likeness (QED) is 0.767. The summed E-state index contributed by atoms with van der Waals surface area (Å²) in [6.07, 6.45) is 3.69. The number of anilines is 2. The molecule has 0 aliphatic carbocycles. The van der Waals surface area contributed by atoms with E-state index in [1.165, 1.54) is 19.3 Å². The third-order valence-corrected chi connectivity index (χ3v) is 3.40. The van der Waals surface area contributed by atoms with Crippen LogP contribution >= 0.6 is 11.6 Å². The normalized spacial score (nSPS) is 21.9. The minimum absolute atomic E-state index is 0.515. The van der Waals surface area contributed by atoms with E-state index < -0.39 is 0 Å². The standard InChI is InChI=1S/C12H18ClN3/c1-9-3-2-7-16(8-6-9)12-10(14)4-5-11(13)15-12/h4-5,9H,2-3,6-8,14H2,1H3. The second kappa shape index (κ2) is 4.91. The van der Waals surface area contributed by atoms with Crippen molar-refractivity contribution in [1.29, 1.82) is 0 Å². The van der Waals surface area contributed by atoms with E-state index in [1.807, 2.05) is 6.07 Å². The number of pyridine rings is 1. The van der Waals surface area contributed by atoms with Crippen LogP contribution < -0.4 is 10.6 Å². The third-order valence-electron chi connectivity index (χ3n) is 3.19. The molecular formula is C12H18ClN3. The lowest BCUT2D eigenvalue weighted by Gasteiger charge is -2.23. The molecule has 1 atom stereocenters. The number of halogens is 1. The Labute approximate surface area is 102 Å². The number of nitrogens with two attached hydrogens (primary N) is 1. The van der Waals surface area contributed by atoms with Gasteiger partial charge in [0.1, 0.15) is 5.15 Å². The first kappa shape index (κ1) is 11.5. The van der Waals surface area contributed by atoms with Crippen LogP contribution in [-0.2, 0) is 0 Å². The van der Waals surface area contributed by atoms with Crippen LogP contribution in [0.25, 0.3) is 0 Å². The number of nitrogens with zero attached hydrogens (tertiary/aromatic N) is 2. The fourth-order valence-electron chi connectivity index (χ4n) is 2.16. The molecule has 1 saturated heterocycles. The molecule has 16 heavy (non-hydrogen) atoms. The molecule has 3 nitrogen and oxygen atoms in total. The van der Waals surface area contributed by atoms with Gasteiger partial charge in [-0.3, -0.25) is 0 Å². The minimum atomic E-state index is 0.515. The van der Waals surface area contributed by atoms with E-state index in [0.717, 1.165) is 30.5 Å². The second-order valence-electron chi connectivity index (χ2n) is 4.57. The second-order valence-corrected chi connectivity index (χ2v) is 4.96. The minimum Gasteiger partial charge on any atom is -0.396 e.